The summed E-state index contributed by atoms with van der Waals surface area (Å²) in [6, 6.07) is 10.7. The molecule has 0 saturated carbocycles. The first-order valence-corrected chi connectivity index (χ1v) is 5.20. The van der Waals surface area contributed by atoms with Crippen LogP contribution in [-0.2, 0) is 0 Å². The topological polar surface area (TPSA) is 30.5 Å². The second-order valence-corrected chi connectivity index (χ2v) is 3.68. The number of ether oxygens (including phenoxy) is 2. The Labute approximate surface area is 97.8 Å². The molecule has 2 aromatic rings. The molecule has 0 fully saturated rings. The van der Waals surface area contributed by atoms with Gasteiger partial charge in [0.2, 0.25) is 5.82 Å². The Balaban J connectivity index is 2.12. The summed E-state index contributed by atoms with van der Waals surface area (Å²) >= 11 is 0. The third-order valence-electron chi connectivity index (χ3n) is 2.65. The van der Waals surface area contributed by atoms with E-state index < -0.39 is 5.82 Å². The average Bonchev–Trinajstić information content (AvgIpc) is 2.37. The highest BCUT2D eigenvalue weighted by Crippen LogP contribution is 2.45. The predicted octanol–water partition coefficient (Wildman–Crippen LogP) is 3.68. The molecule has 0 radical (unpaired) electrons. The van der Waals surface area contributed by atoms with Crippen LogP contribution in [0, 0.1) is 5.82 Å². The van der Waals surface area contributed by atoms with Crippen LogP contribution in [0.2, 0.25) is 0 Å². The number of nitrogens with one attached hydrogen (secondary N) is 1. The molecule has 3 rings (SSSR count). The van der Waals surface area contributed by atoms with Gasteiger partial charge < -0.3 is 14.8 Å². The van der Waals surface area contributed by atoms with Gasteiger partial charge in [0.1, 0.15) is 0 Å². The van der Waals surface area contributed by atoms with E-state index in [1.807, 2.05) is 18.2 Å². The van der Waals surface area contributed by atoms with Gasteiger partial charge in [-0.15, -0.1) is 0 Å². The lowest BCUT2D eigenvalue weighted by Gasteiger charge is -2.22. The second-order valence-electron chi connectivity index (χ2n) is 3.68. The molecule has 4 heteroatoms. The molecular weight excluding hydrogens is 221 g/mol. The highest BCUT2D eigenvalue weighted by molar-refractivity contribution is 5.76. The molecule has 1 aliphatic rings. The van der Waals surface area contributed by atoms with Crippen LogP contribution in [0.4, 0.5) is 15.8 Å². The number of anilines is 2. The molecule has 0 unspecified atom stereocenters. The van der Waals surface area contributed by atoms with Gasteiger partial charge in [-0.1, -0.05) is 12.1 Å². The predicted molar refractivity (Wildman–Crippen MR) is 62.8 cm³/mol. The Kier molecular flexibility index (Phi) is 2.14. The van der Waals surface area contributed by atoms with Gasteiger partial charge in [-0.2, -0.15) is 4.39 Å². The Bertz CT molecular complexity index is 584. The van der Waals surface area contributed by atoms with Crippen LogP contribution >= 0.6 is 0 Å². The normalized spacial score (nSPS) is 11.9. The number of hydrogen-bond donors (Lipinski definition) is 1. The summed E-state index contributed by atoms with van der Waals surface area (Å²) in [7, 11) is 1.43. The molecule has 0 saturated heterocycles. The minimum atomic E-state index is -0.494. The average molecular weight is 231 g/mol. The van der Waals surface area contributed by atoms with Crippen molar-refractivity contribution >= 4 is 11.4 Å². The molecule has 1 aliphatic heterocycles. The molecule has 0 bridgehead atoms. The van der Waals surface area contributed by atoms with Crippen LogP contribution in [0.5, 0.6) is 17.2 Å². The largest absolute Gasteiger partial charge is 0.494 e. The van der Waals surface area contributed by atoms with Crippen LogP contribution in [0.1, 0.15) is 0 Å². The Morgan fingerprint density at radius 1 is 1.12 bits per heavy atom. The molecule has 2 aromatic carbocycles. The third-order valence-corrected chi connectivity index (χ3v) is 2.65. The number of hydrogen-bond acceptors (Lipinski definition) is 3. The zero-order chi connectivity index (χ0) is 11.8. The van der Waals surface area contributed by atoms with Crippen molar-refractivity contribution in [1.82, 2.24) is 0 Å². The maximum atomic E-state index is 14.0. The standard InChI is InChI=1S/C13H10FNO2/c1-16-11-7-6-9-13(12(11)14)17-10-5-3-2-4-8(10)15-9/h2-7,15H,1H3. The Morgan fingerprint density at radius 3 is 2.76 bits per heavy atom. The van der Waals surface area contributed by atoms with E-state index in [4.69, 9.17) is 9.47 Å². The highest BCUT2D eigenvalue weighted by atomic mass is 19.1. The van der Waals surface area contributed by atoms with Crippen molar-refractivity contribution < 1.29 is 13.9 Å². The molecular formula is C13H10FNO2. The fraction of sp³-hybridized carbons (Fsp3) is 0.0769. The van der Waals surface area contributed by atoms with E-state index in [1.165, 1.54) is 7.11 Å². The SMILES string of the molecule is COc1ccc2c(c1F)Oc1ccccc1N2. The van der Waals surface area contributed by atoms with Gasteiger partial charge in [0.15, 0.2) is 17.2 Å². The fourth-order valence-electron chi connectivity index (χ4n) is 1.81. The van der Waals surface area contributed by atoms with E-state index in [1.54, 1.807) is 18.2 Å². The highest BCUT2D eigenvalue weighted by Gasteiger charge is 2.22. The van der Waals surface area contributed by atoms with Crippen LogP contribution in [0.25, 0.3) is 0 Å². The van der Waals surface area contributed by atoms with Gasteiger partial charge in [0.05, 0.1) is 18.5 Å². The molecule has 0 aliphatic carbocycles. The molecule has 0 spiro atoms. The maximum absolute atomic E-state index is 14.0. The molecule has 0 amide bonds. The first kappa shape index (κ1) is 9.96. The lowest BCUT2D eigenvalue weighted by Crippen LogP contribution is -2.05. The monoisotopic (exact) mass is 231 g/mol. The van der Waals surface area contributed by atoms with Gasteiger partial charge in [-0.05, 0) is 24.3 Å². The van der Waals surface area contributed by atoms with Crippen molar-refractivity contribution in [2.24, 2.45) is 0 Å². The number of rotatable bonds is 1. The van der Waals surface area contributed by atoms with E-state index in [9.17, 15) is 4.39 Å². The van der Waals surface area contributed by atoms with E-state index in [0.29, 0.717) is 11.4 Å². The minimum Gasteiger partial charge on any atom is -0.494 e. The van der Waals surface area contributed by atoms with E-state index in [2.05, 4.69) is 5.32 Å². The van der Waals surface area contributed by atoms with E-state index >= 15 is 0 Å². The smallest absolute Gasteiger partial charge is 0.209 e. The summed E-state index contributed by atoms with van der Waals surface area (Å²) in [4.78, 5) is 0. The zero-order valence-electron chi connectivity index (χ0n) is 9.16. The van der Waals surface area contributed by atoms with Crippen molar-refractivity contribution in [2.45, 2.75) is 0 Å². The maximum Gasteiger partial charge on any atom is 0.209 e. The van der Waals surface area contributed by atoms with Crippen LogP contribution < -0.4 is 14.8 Å². The summed E-state index contributed by atoms with van der Waals surface area (Å²) in [5.41, 5.74) is 1.42. The van der Waals surface area contributed by atoms with Crippen molar-refractivity contribution in [1.29, 1.82) is 0 Å². The summed E-state index contributed by atoms with van der Waals surface area (Å²) < 4.78 is 24.4. The molecule has 1 N–H and O–H groups in total. The number of benzene rings is 2. The molecule has 0 aromatic heterocycles. The van der Waals surface area contributed by atoms with Gasteiger partial charge in [0, 0.05) is 0 Å². The van der Waals surface area contributed by atoms with Crippen LogP contribution in [-0.4, -0.2) is 7.11 Å². The van der Waals surface area contributed by atoms with Gasteiger partial charge in [0.25, 0.3) is 0 Å². The van der Waals surface area contributed by atoms with Gasteiger partial charge in [-0.25, -0.2) is 0 Å². The molecule has 17 heavy (non-hydrogen) atoms. The zero-order valence-corrected chi connectivity index (χ0v) is 9.16. The van der Waals surface area contributed by atoms with E-state index in [0.717, 1.165) is 5.69 Å². The first-order valence-electron chi connectivity index (χ1n) is 5.20. The summed E-state index contributed by atoms with van der Waals surface area (Å²) in [5, 5.41) is 3.11. The van der Waals surface area contributed by atoms with Crippen LogP contribution in [0.3, 0.4) is 0 Å². The fourth-order valence-corrected chi connectivity index (χ4v) is 1.81. The summed E-state index contributed by atoms with van der Waals surface area (Å²) in [5.74, 6) is 0.451. The first-order chi connectivity index (χ1) is 8.29. The van der Waals surface area contributed by atoms with Crippen LogP contribution in [0.15, 0.2) is 36.4 Å². The minimum absolute atomic E-state index is 0.169. The van der Waals surface area contributed by atoms with Gasteiger partial charge >= 0.3 is 0 Å². The number of methoxy groups -OCH3 is 1. The Morgan fingerprint density at radius 2 is 1.94 bits per heavy atom. The second kappa shape index (κ2) is 3.66. The van der Waals surface area contributed by atoms with Gasteiger partial charge in [-0.3, -0.25) is 0 Å². The van der Waals surface area contributed by atoms with Crippen molar-refractivity contribution in [2.75, 3.05) is 12.4 Å². The molecule has 0 atom stereocenters. The number of halogens is 1. The quantitative estimate of drug-likeness (QED) is 0.692. The van der Waals surface area contributed by atoms with Crippen molar-refractivity contribution in [3.05, 3.63) is 42.2 Å². The van der Waals surface area contributed by atoms with Crippen molar-refractivity contribution in [3.63, 3.8) is 0 Å². The Hall–Kier alpha value is -2.23. The number of fused-ring (bicyclic) bond motifs is 2. The van der Waals surface area contributed by atoms with E-state index in [-0.39, 0.29) is 11.5 Å². The lowest BCUT2D eigenvalue weighted by atomic mass is 10.2. The lowest BCUT2D eigenvalue weighted by molar-refractivity contribution is 0.368. The van der Waals surface area contributed by atoms with Crippen molar-refractivity contribution in [3.8, 4) is 17.2 Å². The summed E-state index contributed by atoms with van der Waals surface area (Å²) in [6.45, 7) is 0. The molecule has 86 valence electrons. The third kappa shape index (κ3) is 1.49. The molecule has 1 heterocycles. The summed E-state index contributed by atoms with van der Waals surface area (Å²) in [6.07, 6.45) is 0. The molecule has 3 nitrogen and oxygen atoms in total. The number of para-hydroxylation sites is 2.